The van der Waals surface area contributed by atoms with Gasteiger partial charge in [0.05, 0.1) is 28.5 Å². The van der Waals surface area contributed by atoms with E-state index in [4.69, 9.17) is 0 Å². The Morgan fingerprint density at radius 3 is 2.53 bits per heavy atom. The van der Waals surface area contributed by atoms with Crippen molar-refractivity contribution in [1.82, 2.24) is 34.5 Å². The Morgan fingerprint density at radius 1 is 0.917 bits per heavy atom. The molecule has 0 aliphatic carbocycles. The highest BCUT2D eigenvalue weighted by Gasteiger charge is 2.25. The van der Waals surface area contributed by atoms with Gasteiger partial charge in [-0.3, -0.25) is 9.59 Å². The van der Waals surface area contributed by atoms with E-state index in [2.05, 4.69) is 30.5 Å². The third kappa shape index (κ3) is 3.43. The van der Waals surface area contributed by atoms with Crippen molar-refractivity contribution in [3.8, 4) is 11.5 Å². The lowest BCUT2D eigenvalue weighted by atomic mass is 10.1. The number of H-pyrrole nitrogens is 1. The normalized spacial score (nSPS) is 11.3. The van der Waals surface area contributed by atoms with Crippen LogP contribution in [0.1, 0.15) is 21.7 Å². The highest BCUT2D eigenvalue weighted by Crippen LogP contribution is 2.26. The van der Waals surface area contributed by atoms with E-state index in [1.165, 1.54) is 11.0 Å². The number of rotatable bonds is 5. The molecule has 6 aromatic rings. The van der Waals surface area contributed by atoms with Crippen LogP contribution in [0.25, 0.3) is 33.4 Å². The summed E-state index contributed by atoms with van der Waals surface area (Å²) >= 11 is 0. The second kappa shape index (κ2) is 8.27. The number of carbonyl (C=O) groups is 2. The average Bonchev–Trinajstić information content (AvgIpc) is 3.58. The third-order valence-electron chi connectivity index (χ3n) is 5.95. The Bertz CT molecular complexity index is 1780. The molecule has 10 nitrogen and oxygen atoms in total. The first-order chi connectivity index (χ1) is 17.5. The summed E-state index contributed by atoms with van der Waals surface area (Å²) in [7, 11) is 0. The Morgan fingerprint density at radius 2 is 1.69 bits per heavy atom. The zero-order valence-corrected chi connectivity index (χ0v) is 19.4. The number of Topliss-reactive ketones (excluding diaryl/α,β-unsaturated/α-hetero) is 1. The van der Waals surface area contributed by atoms with Gasteiger partial charge >= 0.3 is 0 Å². The molecule has 6 rings (SSSR count). The van der Waals surface area contributed by atoms with Crippen molar-refractivity contribution in [3.63, 3.8) is 0 Å². The minimum Gasteiger partial charge on any atom is -0.358 e. The number of hydrogen-bond donors (Lipinski definition) is 2. The van der Waals surface area contributed by atoms with Crippen molar-refractivity contribution in [2.45, 2.75) is 13.8 Å². The molecule has 0 unspecified atom stereocenters. The summed E-state index contributed by atoms with van der Waals surface area (Å²) in [6.07, 6.45) is 3.07. The minimum atomic E-state index is -0.769. The number of anilines is 1. The van der Waals surface area contributed by atoms with Crippen molar-refractivity contribution >= 4 is 39.4 Å². The molecule has 0 saturated carbocycles. The lowest BCUT2D eigenvalue weighted by Gasteiger charge is -2.09. The summed E-state index contributed by atoms with van der Waals surface area (Å²) in [5, 5.41) is 13.1. The van der Waals surface area contributed by atoms with Crippen LogP contribution in [-0.4, -0.2) is 46.2 Å². The average molecular weight is 477 g/mol. The Hall–Kier alpha value is -5.12. The second-order valence-electron chi connectivity index (χ2n) is 8.36. The van der Waals surface area contributed by atoms with E-state index in [-0.39, 0.29) is 0 Å². The van der Waals surface area contributed by atoms with Crippen molar-refractivity contribution in [3.05, 3.63) is 90.1 Å². The molecule has 2 N–H and O–H groups in total. The summed E-state index contributed by atoms with van der Waals surface area (Å²) in [6, 6.07) is 18.7. The highest BCUT2D eigenvalue weighted by molar-refractivity contribution is 6.48. The molecule has 0 saturated heterocycles. The van der Waals surface area contributed by atoms with Gasteiger partial charge in [-0.25, -0.2) is 14.6 Å². The first-order valence-corrected chi connectivity index (χ1v) is 11.3. The minimum absolute atomic E-state index is 0.316. The zero-order valence-electron chi connectivity index (χ0n) is 19.4. The van der Waals surface area contributed by atoms with Gasteiger partial charge in [-0.05, 0) is 32.0 Å². The van der Waals surface area contributed by atoms with Gasteiger partial charge < -0.3 is 10.3 Å². The van der Waals surface area contributed by atoms with Crippen LogP contribution in [-0.2, 0) is 4.79 Å². The third-order valence-corrected chi connectivity index (χ3v) is 5.95. The number of ketones is 1. The predicted octanol–water partition coefficient (Wildman–Crippen LogP) is 3.92. The van der Waals surface area contributed by atoms with Gasteiger partial charge in [0.15, 0.2) is 11.5 Å². The smallest absolute Gasteiger partial charge is 0.298 e. The fraction of sp³-hybridized carbons (Fsp3) is 0.0769. The van der Waals surface area contributed by atoms with Crippen LogP contribution in [0.15, 0.2) is 73.2 Å². The lowest BCUT2D eigenvalue weighted by Crippen LogP contribution is -2.25. The molecule has 2 aromatic carbocycles. The number of aromatic nitrogens is 7. The molecule has 0 spiro atoms. The number of carbonyl (C=O) groups excluding carboxylic acids is 2. The number of fused-ring (bicyclic) bond motifs is 2. The molecule has 176 valence electrons. The molecule has 0 radical (unpaired) electrons. The maximum absolute atomic E-state index is 13.2. The Balaban J connectivity index is 1.38. The predicted molar refractivity (Wildman–Crippen MR) is 135 cm³/mol. The van der Waals surface area contributed by atoms with E-state index >= 15 is 0 Å². The van der Waals surface area contributed by atoms with Crippen LogP contribution in [0.2, 0.25) is 0 Å². The van der Waals surface area contributed by atoms with Gasteiger partial charge in [-0.2, -0.15) is 14.9 Å². The lowest BCUT2D eigenvalue weighted by molar-refractivity contribution is -0.112. The van der Waals surface area contributed by atoms with Crippen LogP contribution in [0, 0.1) is 13.8 Å². The van der Waals surface area contributed by atoms with E-state index in [1.807, 2.05) is 54.6 Å². The van der Waals surface area contributed by atoms with Crippen molar-refractivity contribution < 1.29 is 9.59 Å². The van der Waals surface area contributed by atoms with E-state index in [0.29, 0.717) is 45.0 Å². The van der Waals surface area contributed by atoms with Crippen LogP contribution in [0.4, 0.5) is 5.82 Å². The standard InChI is InChI=1S/C26H20N8O2/c1-15-12-21(31-26(36)23(35)22-16(2)30-20-11-7-6-10-18(20)22)34(32-15)25-19-13-29-33(24(19)27-14-28-25)17-8-4-3-5-9-17/h3-14,30H,1-2H3,(H,31,36). The molecule has 36 heavy (non-hydrogen) atoms. The number of aromatic amines is 1. The zero-order chi connectivity index (χ0) is 24.8. The maximum atomic E-state index is 13.2. The Labute approximate surface area is 204 Å². The van der Waals surface area contributed by atoms with Gasteiger partial charge in [0.25, 0.3) is 11.7 Å². The summed E-state index contributed by atoms with van der Waals surface area (Å²) < 4.78 is 3.20. The van der Waals surface area contributed by atoms with Crippen LogP contribution >= 0.6 is 0 Å². The van der Waals surface area contributed by atoms with Gasteiger partial charge in [0.2, 0.25) is 0 Å². The van der Waals surface area contributed by atoms with E-state index < -0.39 is 11.7 Å². The highest BCUT2D eigenvalue weighted by atomic mass is 16.2. The fourth-order valence-electron chi connectivity index (χ4n) is 4.36. The number of nitrogens with zero attached hydrogens (tertiary/aromatic N) is 6. The maximum Gasteiger partial charge on any atom is 0.298 e. The molecule has 0 bridgehead atoms. The first kappa shape index (κ1) is 21.4. The number of amides is 1. The van der Waals surface area contributed by atoms with Gasteiger partial charge in [-0.1, -0.05) is 36.4 Å². The summed E-state index contributed by atoms with van der Waals surface area (Å²) in [5.74, 6) is -0.661. The van der Waals surface area contributed by atoms with Crippen molar-refractivity contribution in [2.24, 2.45) is 0 Å². The molecule has 4 aromatic heterocycles. The molecular weight excluding hydrogens is 456 g/mol. The molecule has 0 aliphatic heterocycles. The van der Waals surface area contributed by atoms with Gasteiger partial charge in [0, 0.05) is 22.7 Å². The molecule has 10 heteroatoms. The SMILES string of the molecule is Cc1cc(NC(=O)C(=O)c2c(C)[nH]c3ccccc23)n(-c2ncnc3c2cnn3-c2ccccc2)n1. The monoisotopic (exact) mass is 476 g/mol. The molecule has 1 amide bonds. The van der Waals surface area contributed by atoms with E-state index in [1.54, 1.807) is 30.8 Å². The largest absolute Gasteiger partial charge is 0.358 e. The molecule has 0 aliphatic rings. The van der Waals surface area contributed by atoms with Crippen molar-refractivity contribution in [1.29, 1.82) is 0 Å². The van der Waals surface area contributed by atoms with E-state index in [9.17, 15) is 9.59 Å². The molecule has 0 atom stereocenters. The summed E-state index contributed by atoms with van der Waals surface area (Å²) in [6.45, 7) is 3.57. The summed E-state index contributed by atoms with van der Waals surface area (Å²) in [5.41, 5.74) is 3.85. The number of nitrogens with one attached hydrogen (secondary N) is 2. The number of hydrogen-bond acceptors (Lipinski definition) is 6. The second-order valence-corrected chi connectivity index (χ2v) is 8.36. The van der Waals surface area contributed by atoms with Crippen LogP contribution < -0.4 is 5.32 Å². The van der Waals surface area contributed by atoms with Gasteiger partial charge in [0.1, 0.15) is 12.1 Å². The van der Waals surface area contributed by atoms with Crippen molar-refractivity contribution in [2.75, 3.05) is 5.32 Å². The Kier molecular flexibility index (Phi) is 4.92. The van der Waals surface area contributed by atoms with E-state index in [0.717, 1.165) is 11.2 Å². The quantitative estimate of drug-likeness (QED) is 0.287. The summed E-state index contributed by atoms with van der Waals surface area (Å²) in [4.78, 5) is 38.2. The van der Waals surface area contributed by atoms with Crippen LogP contribution in [0.3, 0.4) is 0 Å². The number of para-hydroxylation sites is 2. The van der Waals surface area contributed by atoms with Gasteiger partial charge in [-0.15, -0.1) is 0 Å². The van der Waals surface area contributed by atoms with Crippen LogP contribution in [0.5, 0.6) is 0 Å². The molecular formula is C26H20N8O2. The molecule has 4 heterocycles. The fourth-order valence-corrected chi connectivity index (χ4v) is 4.36. The first-order valence-electron chi connectivity index (χ1n) is 11.3. The topological polar surface area (TPSA) is 123 Å². The number of aryl methyl sites for hydroxylation is 2. The molecule has 0 fully saturated rings. The number of benzene rings is 2.